The van der Waals surface area contributed by atoms with E-state index >= 15 is 0 Å². The van der Waals surface area contributed by atoms with Gasteiger partial charge in [-0.05, 0) is 19.1 Å². The second-order valence-electron chi connectivity index (χ2n) is 5.02. The zero-order chi connectivity index (χ0) is 13.1. The van der Waals surface area contributed by atoms with Gasteiger partial charge in [0.15, 0.2) is 11.0 Å². The maximum absolute atomic E-state index is 4.76. The average Bonchev–Trinajstić information content (AvgIpc) is 2.93. The Kier molecular flexibility index (Phi) is 3.87. The van der Waals surface area contributed by atoms with Crippen LogP contribution >= 0.6 is 11.8 Å². The molecule has 3 rings (SSSR count). The van der Waals surface area contributed by atoms with Gasteiger partial charge in [0.05, 0.1) is 6.04 Å². The number of nitrogens with zero attached hydrogens (tertiary/aromatic N) is 3. The highest BCUT2D eigenvalue weighted by molar-refractivity contribution is 7.98. The Balaban J connectivity index is 1.94. The molecule has 0 saturated heterocycles. The van der Waals surface area contributed by atoms with Crippen LogP contribution in [-0.2, 0) is 0 Å². The van der Waals surface area contributed by atoms with Crippen molar-refractivity contribution in [2.24, 2.45) is 0 Å². The quantitative estimate of drug-likeness (QED) is 0.786. The molecule has 19 heavy (non-hydrogen) atoms. The van der Waals surface area contributed by atoms with Crippen LogP contribution in [0.25, 0.3) is 11.4 Å². The van der Waals surface area contributed by atoms with Crippen LogP contribution in [0.2, 0.25) is 0 Å². The second-order valence-corrected chi connectivity index (χ2v) is 5.80. The summed E-state index contributed by atoms with van der Waals surface area (Å²) in [5.74, 6) is 0.857. The Morgan fingerprint density at radius 3 is 2.53 bits per heavy atom. The smallest absolute Gasteiger partial charge is 0.186 e. The molecule has 1 aromatic heterocycles. The van der Waals surface area contributed by atoms with Crippen molar-refractivity contribution in [1.82, 2.24) is 14.8 Å². The summed E-state index contributed by atoms with van der Waals surface area (Å²) < 4.78 is 2.16. The Labute approximate surface area is 118 Å². The third-order valence-corrected chi connectivity index (χ3v) is 4.38. The molecule has 0 spiro atoms. The third kappa shape index (κ3) is 2.68. The first kappa shape index (κ1) is 12.7. The van der Waals surface area contributed by atoms with Gasteiger partial charge in [0.25, 0.3) is 0 Å². The normalized spacial score (nSPS) is 16.7. The third-order valence-electron chi connectivity index (χ3n) is 3.74. The molecular weight excluding hydrogens is 254 g/mol. The summed E-state index contributed by atoms with van der Waals surface area (Å²) in [7, 11) is 0. The molecule has 0 bridgehead atoms. The van der Waals surface area contributed by atoms with Crippen LogP contribution < -0.4 is 0 Å². The molecule has 1 heterocycles. The van der Waals surface area contributed by atoms with Crippen LogP contribution in [0.3, 0.4) is 0 Å². The van der Waals surface area contributed by atoms with Gasteiger partial charge < -0.3 is 0 Å². The molecule has 2 aromatic rings. The fraction of sp³-hybridized carbons (Fsp3) is 0.467. The molecule has 4 heteroatoms. The van der Waals surface area contributed by atoms with Crippen molar-refractivity contribution in [2.45, 2.75) is 43.3 Å². The number of thioether (sulfide) groups is 1. The van der Waals surface area contributed by atoms with Gasteiger partial charge >= 0.3 is 0 Å². The van der Waals surface area contributed by atoms with E-state index in [2.05, 4.69) is 28.1 Å². The van der Waals surface area contributed by atoms with E-state index in [9.17, 15) is 0 Å². The van der Waals surface area contributed by atoms with Gasteiger partial charge in [0.1, 0.15) is 0 Å². The standard InChI is InChI=1S/C15H19N3S/c1-19-15-16-14(12-8-4-2-5-9-12)17-18(15)13-10-6-3-7-11-13/h2,4-5,8-9,13H,3,6-7,10-11H2,1H3. The molecule has 1 fully saturated rings. The highest BCUT2D eigenvalue weighted by Crippen LogP contribution is 2.31. The molecule has 0 atom stereocenters. The SMILES string of the molecule is CSc1nc(-c2ccccc2)nn1C1CCCCC1. The number of hydrogen-bond donors (Lipinski definition) is 0. The summed E-state index contributed by atoms with van der Waals surface area (Å²) in [6.45, 7) is 0. The van der Waals surface area contributed by atoms with Crippen molar-refractivity contribution >= 4 is 11.8 Å². The fourth-order valence-corrected chi connectivity index (χ4v) is 3.28. The van der Waals surface area contributed by atoms with Gasteiger partial charge in [0.2, 0.25) is 0 Å². The predicted octanol–water partition coefficient (Wildman–Crippen LogP) is 4.17. The Bertz CT molecular complexity index is 530. The van der Waals surface area contributed by atoms with Crippen molar-refractivity contribution in [3.63, 3.8) is 0 Å². The highest BCUT2D eigenvalue weighted by Gasteiger charge is 2.21. The van der Waals surface area contributed by atoms with E-state index < -0.39 is 0 Å². The summed E-state index contributed by atoms with van der Waals surface area (Å²) in [5.41, 5.74) is 1.10. The van der Waals surface area contributed by atoms with Gasteiger partial charge in [-0.15, -0.1) is 5.10 Å². The minimum atomic E-state index is 0.543. The molecule has 0 amide bonds. The Hall–Kier alpha value is -1.29. The fourth-order valence-electron chi connectivity index (χ4n) is 2.72. The van der Waals surface area contributed by atoms with Crippen molar-refractivity contribution in [1.29, 1.82) is 0 Å². The molecule has 0 N–H and O–H groups in total. The van der Waals surface area contributed by atoms with Gasteiger partial charge in [0, 0.05) is 5.56 Å². The average molecular weight is 273 g/mol. The minimum absolute atomic E-state index is 0.543. The van der Waals surface area contributed by atoms with E-state index in [1.807, 2.05) is 18.2 Å². The van der Waals surface area contributed by atoms with E-state index in [0.29, 0.717) is 6.04 Å². The molecular formula is C15H19N3S. The monoisotopic (exact) mass is 273 g/mol. The van der Waals surface area contributed by atoms with E-state index in [4.69, 9.17) is 5.10 Å². The van der Waals surface area contributed by atoms with Crippen LogP contribution in [0.1, 0.15) is 38.1 Å². The number of hydrogen-bond acceptors (Lipinski definition) is 3. The molecule has 1 saturated carbocycles. The molecule has 1 aromatic carbocycles. The number of rotatable bonds is 3. The largest absolute Gasteiger partial charge is 0.237 e. The van der Waals surface area contributed by atoms with Gasteiger partial charge in [-0.25, -0.2) is 9.67 Å². The lowest BCUT2D eigenvalue weighted by atomic mass is 9.96. The molecule has 100 valence electrons. The molecule has 3 nitrogen and oxygen atoms in total. The van der Waals surface area contributed by atoms with Crippen LogP contribution in [0, 0.1) is 0 Å². The van der Waals surface area contributed by atoms with E-state index in [0.717, 1.165) is 16.5 Å². The molecule has 0 radical (unpaired) electrons. The van der Waals surface area contributed by atoms with Crippen molar-refractivity contribution < 1.29 is 0 Å². The van der Waals surface area contributed by atoms with Crippen molar-refractivity contribution in [2.75, 3.05) is 6.26 Å². The maximum Gasteiger partial charge on any atom is 0.186 e. The predicted molar refractivity (Wildman–Crippen MR) is 79.4 cm³/mol. The number of benzene rings is 1. The van der Waals surface area contributed by atoms with Gasteiger partial charge in [-0.1, -0.05) is 61.4 Å². The summed E-state index contributed by atoms with van der Waals surface area (Å²) in [6.07, 6.45) is 8.57. The summed E-state index contributed by atoms with van der Waals surface area (Å²) in [4.78, 5) is 4.69. The van der Waals surface area contributed by atoms with Gasteiger partial charge in [-0.2, -0.15) is 0 Å². The summed E-state index contributed by atoms with van der Waals surface area (Å²) in [5, 5.41) is 5.81. The zero-order valence-corrected chi connectivity index (χ0v) is 12.1. The molecule has 1 aliphatic carbocycles. The molecule has 1 aliphatic rings. The Morgan fingerprint density at radius 1 is 1.11 bits per heavy atom. The van der Waals surface area contributed by atoms with Crippen molar-refractivity contribution in [3.8, 4) is 11.4 Å². The van der Waals surface area contributed by atoms with Crippen LogP contribution in [0.15, 0.2) is 35.5 Å². The topological polar surface area (TPSA) is 30.7 Å². The van der Waals surface area contributed by atoms with E-state index in [-0.39, 0.29) is 0 Å². The number of aromatic nitrogens is 3. The second kappa shape index (κ2) is 5.78. The van der Waals surface area contributed by atoms with Crippen LogP contribution in [0.4, 0.5) is 0 Å². The molecule has 0 unspecified atom stereocenters. The zero-order valence-electron chi connectivity index (χ0n) is 11.2. The van der Waals surface area contributed by atoms with E-state index in [1.165, 1.54) is 32.1 Å². The first-order chi connectivity index (χ1) is 9.38. The lowest BCUT2D eigenvalue weighted by Crippen LogP contribution is -2.15. The van der Waals surface area contributed by atoms with Crippen LogP contribution in [-0.4, -0.2) is 21.0 Å². The Morgan fingerprint density at radius 2 is 1.84 bits per heavy atom. The first-order valence-corrected chi connectivity index (χ1v) is 8.17. The highest BCUT2D eigenvalue weighted by atomic mass is 32.2. The molecule has 0 aliphatic heterocycles. The van der Waals surface area contributed by atoms with Crippen LogP contribution in [0.5, 0.6) is 0 Å². The lowest BCUT2D eigenvalue weighted by molar-refractivity contribution is 0.311. The van der Waals surface area contributed by atoms with Gasteiger partial charge in [-0.3, -0.25) is 0 Å². The summed E-state index contributed by atoms with van der Waals surface area (Å²) in [6, 6.07) is 10.8. The lowest BCUT2D eigenvalue weighted by Gasteiger charge is -2.22. The maximum atomic E-state index is 4.76. The summed E-state index contributed by atoms with van der Waals surface area (Å²) >= 11 is 1.69. The minimum Gasteiger partial charge on any atom is -0.237 e. The van der Waals surface area contributed by atoms with E-state index in [1.54, 1.807) is 11.8 Å². The van der Waals surface area contributed by atoms with Crippen molar-refractivity contribution in [3.05, 3.63) is 30.3 Å². The first-order valence-electron chi connectivity index (χ1n) is 6.94.